The van der Waals surface area contributed by atoms with Crippen molar-refractivity contribution in [3.63, 3.8) is 0 Å². The molecule has 5 heteroatoms. The molecule has 0 bridgehead atoms. The van der Waals surface area contributed by atoms with Gasteiger partial charge in [-0.3, -0.25) is 0 Å². The summed E-state index contributed by atoms with van der Waals surface area (Å²) in [5, 5.41) is 12.8. The molecule has 1 aliphatic rings. The van der Waals surface area contributed by atoms with Crippen LogP contribution < -0.4 is 5.32 Å². The summed E-state index contributed by atoms with van der Waals surface area (Å²) in [7, 11) is 0. The lowest BCUT2D eigenvalue weighted by Gasteiger charge is -2.28. The number of rotatable bonds is 4. The largest absolute Gasteiger partial charge is 0.416 e. The summed E-state index contributed by atoms with van der Waals surface area (Å²) in [6, 6.07) is 5.33. The van der Waals surface area contributed by atoms with Gasteiger partial charge >= 0.3 is 6.18 Å². The van der Waals surface area contributed by atoms with Crippen LogP contribution in [0.2, 0.25) is 0 Å². The van der Waals surface area contributed by atoms with Gasteiger partial charge in [0.15, 0.2) is 0 Å². The van der Waals surface area contributed by atoms with Crippen LogP contribution in [0.25, 0.3) is 0 Å². The zero-order valence-electron chi connectivity index (χ0n) is 12.2. The first kappa shape index (κ1) is 16.3. The molecule has 118 valence electrons. The lowest BCUT2D eigenvalue weighted by atomic mass is 9.87. The van der Waals surface area contributed by atoms with E-state index in [4.69, 9.17) is 0 Å². The summed E-state index contributed by atoms with van der Waals surface area (Å²) in [6.45, 7) is 2.40. The molecule has 2 nitrogen and oxygen atoms in total. The van der Waals surface area contributed by atoms with E-state index in [0.717, 1.165) is 31.7 Å². The van der Waals surface area contributed by atoms with Gasteiger partial charge in [-0.2, -0.15) is 13.2 Å². The molecule has 0 spiro atoms. The lowest BCUT2D eigenvalue weighted by molar-refractivity contribution is -0.138. The third-order valence-electron chi connectivity index (χ3n) is 4.20. The fourth-order valence-electron chi connectivity index (χ4n) is 3.03. The van der Waals surface area contributed by atoms with Crippen LogP contribution in [0, 0.1) is 5.92 Å². The first-order valence-corrected chi connectivity index (χ1v) is 7.45. The molecule has 1 aliphatic carbocycles. The molecule has 1 saturated carbocycles. The Hall–Kier alpha value is -1.07. The molecule has 21 heavy (non-hydrogen) atoms. The summed E-state index contributed by atoms with van der Waals surface area (Å²) in [5.41, 5.74) is -0.296. The second-order valence-electron chi connectivity index (χ2n) is 5.90. The highest BCUT2D eigenvalue weighted by molar-refractivity contribution is 5.32. The average Bonchev–Trinajstić information content (AvgIpc) is 2.44. The zero-order valence-corrected chi connectivity index (χ0v) is 12.2. The Labute approximate surface area is 123 Å². The van der Waals surface area contributed by atoms with Crippen LogP contribution in [-0.2, 0) is 6.18 Å². The van der Waals surface area contributed by atoms with E-state index >= 15 is 0 Å². The van der Waals surface area contributed by atoms with Gasteiger partial charge in [0, 0.05) is 6.04 Å². The fraction of sp³-hybridized carbons (Fsp3) is 0.625. The van der Waals surface area contributed by atoms with Crippen molar-refractivity contribution in [2.75, 3.05) is 6.54 Å². The third-order valence-corrected chi connectivity index (χ3v) is 4.20. The van der Waals surface area contributed by atoms with Crippen molar-refractivity contribution >= 4 is 0 Å². The van der Waals surface area contributed by atoms with Gasteiger partial charge in [-0.1, -0.05) is 24.6 Å². The first-order chi connectivity index (χ1) is 9.88. The highest BCUT2D eigenvalue weighted by Gasteiger charge is 2.34. The van der Waals surface area contributed by atoms with Crippen LogP contribution in [-0.4, -0.2) is 17.8 Å². The van der Waals surface area contributed by atoms with E-state index in [1.165, 1.54) is 12.1 Å². The fourth-order valence-corrected chi connectivity index (χ4v) is 3.03. The molecule has 2 rings (SSSR count). The normalized spacial score (nSPS) is 24.8. The van der Waals surface area contributed by atoms with Crippen molar-refractivity contribution in [1.29, 1.82) is 0 Å². The second-order valence-corrected chi connectivity index (χ2v) is 5.90. The number of hydrogen-bond donors (Lipinski definition) is 2. The summed E-state index contributed by atoms with van der Waals surface area (Å²) in [5.74, 6) is 0.342. The molecule has 1 aromatic carbocycles. The SMILES string of the molecule is CC(NCC1CCCC(O)C1)c1ccccc1C(F)(F)F. The number of aliphatic hydroxyl groups excluding tert-OH is 1. The van der Waals surface area contributed by atoms with Crippen LogP contribution >= 0.6 is 0 Å². The van der Waals surface area contributed by atoms with Crippen LogP contribution in [0.3, 0.4) is 0 Å². The van der Waals surface area contributed by atoms with Gasteiger partial charge in [-0.15, -0.1) is 0 Å². The van der Waals surface area contributed by atoms with Gasteiger partial charge in [0.2, 0.25) is 0 Å². The average molecular weight is 301 g/mol. The Balaban J connectivity index is 1.99. The van der Waals surface area contributed by atoms with E-state index in [1.807, 2.05) is 0 Å². The number of nitrogens with one attached hydrogen (secondary N) is 1. The van der Waals surface area contributed by atoms with E-state index in [2.05, 4.69) is 5.32 Å². The van der Waals surface area contributed by atoms with Gasteiger partial charge in [0.05, 0.1) is 11.7 Å². The molecule has 0 heterocycles. The van der Waals surface area contributed by atoms with Crippen LogP contribution in [0.1, 0.15) is 49.8 Å². The summed E-state index contributed by atoms with van der Waals surface area (Å²) < 4.78 is 39.0. The zero-order chi connectivity index (χ0) is 15.5. The summed E-state index contributed by atoms with van der Waals surface area (Å²) >= 11 is 0. The van der Waals surface area contributed by atoms with E-state index in [0.29, 0.717) is 12.5 Å². The maximum atomic E-state index is 13.0. The van der Waals surface area contributed by atoms with Crippen LogP contribution in [0.15, 0.2) is 24.3 Å². The Morgan fingerprint density at radius 2 is 2.00 bits per heavy atom. The quantitative estimate of drug-likeness (QED) is 0.884. The minimum atomic E-state index is -4.33. The van der Waals surface area contributed by atoms with Crippen LogP contribution in [0.5, 0.6) is 0 Å². The maximum Gasteiger partial charge on any atom is 0.416 e. The lowest BCUT2D eigenvalue weighted by Crippen LogP contribution is -2.31. The van der Waals surface area contributed by atoms with Gasteiger partial charge in [-0.05, 0) is 50.3 Å². The van der Waals surface area contributed by atoms with E-state index < -0.39 is 11.7 Å². The van der Waals surface area contributed by atoms with E-state index in [9.17, 15) is 18.3 Å². The van der Waals surface area contributed by atoms with Gasteiger partial charge in [0.1, 0.15) is 0 Å². The minimum Gasteiger partial charge on any atom is -0.393 e. The molecule has 3 atom stereocenters. The predicted octanol–water partition coefficient (Wildman–Crippen LogP) is 3.91. The molecular formula is C16H22F3NO. The van der Waals surface area contributed by atoms with Crippen molar-refractivity contribution in [3.05, 3.63) is 35.4 Å². The molecule has 0 saturated heterocycles. The molecule has 0 aliphatic heterocycles. The molecule has 1 fully saturated rings. The number of halogens is 3. The summed E-state index contributed by atoms with van der Waals surface area (Å²) in [4.78, 5) is 0. The van der Waals surface area contributed by atoms with E-state index in [-0.39, 0.29) is 17.7 Å². The van der Waals surface area contributed by atoms with Crippen molar-refractivity contribution < 1.29 is 18.3 Å². The van der Waals surface area contributed by atoms with Gasteiger partial charge in [0.25, 0.3) is 0 Å². The Morgan fingerprint density at radius 1 is 1.29 bits per heavy atom. The molecule has 3 unspecified atom stereocenters. The number of benzene rings is 1. The van der Waals surface area contributed by atoms with Crippen molar-refractivity contribution in [3.8, 4) is 0 Å². The van der Waals surface area contributed by atoms with Gasteiger partial charge < -0.3 is 10.4 Å². The Kier molecular flexibility index (Phi) is 5.27. The van der Waals surface area contributed by atoms with Crippen LogP contribution in [0.4, 0.5) is 13.2 Å². The Morgan fingerprint density at radius 3 is 2.67 bits per heavy atom. The number of hydrogen-bond acceptors (Lipinski definition) is 2. The standard InChI is InChI=1S/C16H22F3NO/c1-11(20-10-12-5-4-6-13(21)9-12)14-7-2-3-8-15(14)16(17,18)19/h2-3,7-8,11-13,20-21H,4-6,9-10H2,1H3. The number of aliphatic hydroxyl groups is 1. The molecular weight excluding hydrogens is 279 g/mol. The molecule has 0 radical (unpaired) electrons. The monoisotopic (exact) mass is 301 g/mol. The maximum absolute atomic E-state index is 13.0. The number of alkyl halides is 3. The van der Waals surface area contributed by atoms with Gasteiger partial charge in [-0.25, -0.2) is 0 Å². The van der Waals surface area contributed by atoms with Crippen molar-refractivity contribution in [2.45, 2.75) is 50.9 Å². The molecule has 0 aromatic heterocycles. The highest BCUT2D eigenvalue weighted by Crippen LogP contribution is 2.34. The predicted molar refractivity (Wildman–Crippen MR) is 75.8 cm³/mol. The van der Waals surface area contributed by atoms with E-state index in [1.54, 1.807) is 13.0 Å². The smallest absolute Gasteiger partial charge is 0.393 e. The first-order valence-electron chi connectivity index (χ1n) is 7.45. The topological polar surface area (TPSA) is 32.3 Å². The Bertz CT molecular complexity index is 461. The van der Waals surface area contributed by atoms with Crippen molar-refractivity contribution in [2.24, 2.45) is 5.92 Å². The third kappa shape index (κ3) is 4.45. The molecule has 1 aromatic rings. The molecule has 0 amide bonds. The van der Waals surface area contributed by atoms with Crippen molar-refractivity contribution in [1.82, 2.24) is 5.32 Å². The minimum absolute atomic E-state index is 0.261. The molecule has 2 N–H and O–H groups in total. The second kappa shape index (κ2) is 6.79. The highest BCUT2D eigenvalue weighted by atomic mass is 19.4. The summed E-state index contributed by atoms with van der Waals surface area (Å²) in [6.07, 6.45) is -1.00.